The van der Waals surface area contributed by atoms with Gasteiger partial charge in [0.2, 0.25) is 0 Å². The van der Waals surface area contributed by atoms with Crippen LogP contribution in [0.2, 0.25) is 5.02 Å². The van der Waals surface area contributed by atoms with E-state index in [9.17, 15) is 19.7 Å². The molecule has 1 unspecified atom stereocenters. The van der Waals surface area contributed by atoms with Crippen LogP contribution in [0.25, 0.3) is 0 Å². The van der Waals surface area contributed by atoms with Crippen LogP contribution in [-0.2, 0) is 9.53 Å². The van der Waals surface area contributed by atoms with E-state index in [1.807, 2.05) is 0 Å². The highest BCUT2D eigenvalue weighted by atomic mass is 35.5. The van der Waals surface area contributed by atoms with Gasteiger partial charge in [-0.25, -0.2) is 4.79 Å². The Hall–Kier alpha value is -3.33. The SMILES string of the molecule is CC(OC(=O)c1cc(Cl)c2c(c1)OCCCO2)C(=O)Nc1cccc([N+](=O)[O-])c1. The van der Waals surface area contributed by atoms with E-state index >= 15 is 0 Å². The van der Waals surface area contributed by atoms with Gasteiger partial charge in [0.25, 0.3) is 11.6 Å². The Kier molecular flexibility index (Phi) is 6.18. The Labute approximate surface area is 170 Å². The lowest BCUT2D eigenvalue weighted by Gasteiger charge is -2.15. The fourth-order valence-electron chi connectivity index (χ4n) is 2.57. The van der Waals surface area contributed by atoms with Gasteiger partial charge in [-0.2, -0.15) is 0 Å². The number of benzene rings is 2. The molecule has 2 aromatic rings. The molecule has 0 spiro atoms. The predicted octanol–water partition coefficient (Wildman–Crippen LogP) is 3.59. The number of carbonyl (C=O) groups is 2. The van der Waals surface area contributed by atoms with Crippen LogP contribution in [0.5, 0.6) is 11.5 Å². The molecule has 0 aliphatic carbocycles. The second-order valence-electron chi connectivity index (χ2n) is 6.18. The average molecular weight is 421 g/mol. The van der Waals surface area contributed by atoms with Crippen LogP contribution >= 0.6 is 11.6 Å². The lowest BCUT2D eigenvalue weighted by Crippen LogP contribution is -2.30. The third kappa shape index (κ3) is 4.94. The molecule has 10 heteroatoms. The van der Waals surface area contributed by atoms with E-state index in [0.717, 1.165) is 0 Å². The monoisotopic (exact) mass is 420 g/mol. The number of carbonyl (C=O) groups excluding carboxylic acids is 2. The van der Waals surface area contributed by atoms with Crippen LogP contribution in [0.15, 0.2) is 36.4 Å². The minimum atomic E-state index is -1.16. The minimum absolute atomic E-state index is 0.106. The first-order valence-corrected chi connectivity index (χ1v) is 9.08. The Morgan fingerprint density at radius 1 is 1.24 bits per heavy atom. The van der Waals surface area contributed by atoms with Crippen molar-refractivity contribution in [3.8, 4) is 11.5 Å². The number of rotatable bonds is 5. The fraction of sp³-hybridized carbons (Fsp3) is 0.263. The Balaban J connectivity index is 1.68. The fourth-order valence-corrected chi connectivity index (χ4v) is 2.84. The molecule has 0 aromatic heterocycles. The number of nitro groups is 1. The molecule has 0 saturated carbocycles. The van der Waals surface area contributed by atoms with Crippen molar-refractivity contribution in [2.45, 2.75) is 19.4 Å². The van der Waals surface area contributed by atoms with Crippen molar-refractivity contribution in [3.63, 3.8) is 0 Å². The highest BCUT2D eigenvalue weighted by Crippen LogP contribution is 2.38. The Bertz CT molecular complexity index is 964. The van der Waals surface area contributed by atoms with E-state index in [2.05, 4.69) is 5.32 Å². The maximum atomic E-state index is 12.4. The largest absolute Gasteiger partial charge is 0.489 e. The molecule has 0 saturated heterocycles. The van der Waals surface area contributed by atoms with E-state index in [4.69, 9.17) is 25.8 Å². The first kappa shape index (κ1) is 20.4. The summed E-state index contributed by atoms with van der Waals surface area (Å²) < 4.78 is 16.2. The molecule has 3 rings (SSSR count). The van der Waals surface area contributed by atoms with E-state index in [0.29, 0.717) is 31.1 Å². The molecule has 0 bridgehead atoms. The standard InChI is InChI=1S/C19H17ClN2O7/c1-11(18(23)21-13-4-2-5-14(10-13)22(25)26)29-19(24)12-8-15(20)17-16(9-12)27-6-3-7-28-17/h2,4-5,8-11H,3,6-7H2,1H3,(H,21,23). The number of nitrogens with zero attached hydrogens (tertiary/aromatic N) is 1. The predicted molar refractivity (Wildman–Crippen MR) is 104 cm³/mol. The first-order valence-electron chi connectivity index (χ1n) is 8.70. The van der Waals surface area contributed by atoms with Crippen molar-refractivity contribution in [2.24, 2.45) is 0 Å². The molecule has 1 amide bonds. The van der Waals surface area contributed by atoms with Gasteiger partial charge in [0, 0.05) is 24.2 Å². The molecule has 0 fully saturated rings. The summed E-state index contributed by atoms with van der Waals surface area (Å²) in [5, 5.41) is 13.5. The zero-order valence-electron chi connectivity index (χ0n) is 15.3. The Morgan fingerprint density at radius 2 is 2.00 bits per heavy atom. The van der Waals surface area contributed by atoms with E-state index in [-0.39, 0.29) is 22.0 Å². The number of hydrogen-bond acceptors (Lipinski definition) is 7. The normalized spacial score (nSPS) is 13.7. The van der Waals surface area contributed by atoms with Crippen LogP contribution in [0.1, 0.15) is 23.7 Å². The third-order valence-corrected chi connectivity index (χ3v) is 4.30. The molecule has 1 aliphatic heterocycles. The van der Waals surface area contributed by atoms with E-state index < -0.39 is 22.9 Å². The van der Waals surface area contributed by atoms with Crippen molar-refractivity contribution >= 4 is 34.9 Å². The zero-order valence-corrected chi connectivity index (χ0v) is 16.1. The van der Waals surface area contributed by atoms with Gasteiger partial charge in [0.15, 0.2) is 17.6 Å². The van der Waals surface area contributed by atoms with Gasteiger partial charge in [-0.1, -0.05) is 17.7 Å². The molecular formula is C19H17ClN2O7. The quantitative estimate of drug-likeness (QED) is 0.446. The highest BCUT2D eigenvalue weighted by Gasteiger charge is 2.23. The number of non-ortho nitro benzene ring substituents is 1. The lowest BCUT2D eigenvalue weighted by atomic mass is 10.2. The average Bonchev–Trinajstić information content (AvgIpc) is 2.94. The van der Waals surface area contributed by atoms with Gasteiger partial charge >= 0.3 is 5.97 Å². The number of nitro benzene ring substituents is 1. The second-order valence-corrected chi connectivity index (χ2v) is 6.59. The van der Waals surface area contributed by atoms with Crippen molar-refractivity contribution in [2.75, 3.05) is 18.5 Å². The first-order chi connectivity index (χ1) is 13.8. The zero-order chi connectivity index (χ0) is 21.0. The van der Waals surface area contributed by atoms with Gasteiger partial charge in [-0.05, 0) is 25.1 Å². The number of nitrogens with one attached hydrogen (secondary N) is 1. The summed E-state index contributed by atoms with van der Waals surface area (Å²) in [6.45, 7) is 2.25. The van der Waals surface area contributed by atoms with Crippen LogP contribution < -0.4 is 14.8 Å². The summed E-state index contributed by atoms with van der Waals surface area (Å²) in [5.74, 6) is -0.726. The van der Waals surface area contributed by atoms with Crippen molar-refractivity contribution in [1.29, 1.82) is 0 Å². The topological polar surface area (TPSA) is 117 Å². The van der Waals surface area contributed by atoms with Crippen LogP contribution in [0.3, 0.4) is 0 Å². The molecule has 2 aromatic carbocycles. The van der Waals surface area contributed by atoms with Crippen LogP contribution in [0.4, 0.5) is 11.4 Å². The maximum Gasteiger partial charge on any atom is 0.339 e. The molecular weight excluding hydrogens is 404 g/mol. The minimum Gasteiger partial charge on any atom is -0.489 e. The van der Waals surface area contributed by atoms with Crippen LogP contribution in [-0.4, -0.2) is 36.1 Å². The molecule has 9 nitrogen and oxygen atoms in total. The van der Waals surface area contributed by atoms with E-state index in [1.54, 1.807) is 0 Å². The molecule has 29 heavy (non-hydrogen) atoms. The molecule has 1 N–H and O–H groups in total. The maximum absolute atomic E-state index is 12.4. The molecule has 0 radical (unpaired) electrons. The number of anilines is 1. The van der Waals surface area contributed by atoms with Crippen LogP contribution in [0, 0.1) is 10.1 Å². The molecule has 1 atom stereocenters. The molecule has 1 heterocycles. The summed E-state index contributed by atoms with van der Waals surface area (Å²) >= 11 is 6.16. The van der Waals surface area contributed by atoms with Crippen molar-refractivity contribution in [1.82, 2.24) is 0 Å². The van der Waals surface area contributed by atoms with Crippen molar-refractivity contribution in [3.05, 3.63) is 57.1 Å². The number of esters is 1. The number of fused-ring (bicyclic) bond motifs is 1. The number of hydrogen-bond donors (Lipinski definition) is 1. The van der Waals surface area contributed by atoms with Crippen molar-refractivity contribution < 1.29 is 28.7 Å². The number of amides is 1. The van der Waals surface area contributed by atoms with Gasteiger partial charge < -0.3 is 19.5 Å². The van der Waals surface area contributed by atoms with Gasteiger partial charge in [-0.3, -0.25) is 14.9 Å². The summed E-state index contributed by atoms with van der Waals surface area (Å²) in [6, 6.07) is 8.25. The number of ether oxygens (including phenoxy) is 3. The van der Waals surface area contributed by atoms with E-state index in [1.165, 1.54) is 43.3 Å². The van der Waals surface area contributed by atoms with Gasteiger partial charge in [-0.15, -0.1) is 0 Å². The smallest absolute Gasteiger partial charge is 0.339 e. The summed E-state index contributed by atoms with van der Waals surface area (Å²) in [7, 11) is 0. The second kappa shape index (κ2) is 8.78. The molecule has 152 valence electrons. The number of halogens is 1. The summed E-state index contributed by atoms with van der Waals surface area (Å²) in [6.07, 6.45) is -0.476. The molecule has 1 aliphatic rings. The highest BCUT2D eigenvalue weighted by molar-refractivity contribution is 6.32. The Morgan fingerprint density at radius 3 is 2.76 bits per heavy atom. The third-order valence-electron chi connectivity index (χ3n) is 4.02. The summed E-state index contributed by atoms with van der Waals surface area (Å²) in [4.78, 5) is 35.0. The lowest BCUT2D eigenvalue weighted by molar-refractivity contribution is -0.384. The van der Waals surface area contributed by atoms with Gasteiger partial charge in [0.05, 0.1) is 28.7 Å². The summed E-state index contributed by atoms with van der Waals surface area (Å²) in [5.41, 5.74) is 0.147. The van der Waals surface area contributed by atoms with Gasteiger partial charge in [0.1, 0.15) is 0 Å².